The Bertz CT molecular complexity index is 1210. The monoisotopic (exact) mass is 534 g/mol. The number of nitrogens with one attached hydrogen (secondary N) is 1. The van der Waals surface area contributed by atoms with E-state index in [-0.39, 0.29) is 6.61 Å². The van der Waals surface area contributed by atoms with E-state index >= 15 is 0 Å². The third-order valence-corrected chi connectivity index (χ3v) is 8.74. The van der Waals surface area contributed by atoms with Crippen LogP contribution in [-0.2, 0) is 4.74 Å². The summed E-state index contributed by atoms with van der Waals surface area (Å²) in [7, 11) is 0. The highest BCUT2D eigenvalue weighted by atomic mass is 32.2. The number of aromatic nitrogens is 3. The van der Waals surface area contributed by atoms with Gasteiger partial charge in [-0.25, -0.2) is 9.67 Å². The van der Waals surface area contributed by atoms with Gasteiger partial charge >= 0.3 is 0 Å². The quantitative estimate of drug-likeness (QED) is 0.358. The topological polar surface area (TPSA) is 78.7 Å². The van der Waals surface area contributed by atoms with Crippen molar-refractivity contribution in [1.82, 2.24) is 14.8 Å². The molecule has 202 valence electrons. The average molecular weight is 535 g/mol. The first-order valence-electron chi connectivity index (χ1n) is 14.0. The molecular formula is C29H38N6O2S. The highest BCUT2D eigenvalue weighted by Crippen LogP contribution is 2.36. The molecule has 1 atom stereocenters. The van der Waals surface area contributed by atoms with Crippen LogP contribution in [0.25, 0.3) is 16.9 Å². The van der Waals surface area contributed by atoms with Crippen LogP contribution < -0.4 is 14.5 Å². The molecule has 4 aliphatic heterocycles. The number of rotatable bonds is 4. The van der Waals surface area contributed by atoms with E-state index in [4.69, 9.17) is 14.8 Å². The molecule has 2 saturated heterocycles. The van der Waals surface area contributed by atoms with Crippen molar-refractivity contribution in [3.63, 3.8) is 0 Å². The van der Waals surface area contributed by atoms with E-state index in [0.717, 1.165) is 80.5 Å². The van der Waals surface area contributed by atoms with Gasteiger partial charge < -0.3 is 24.4 Å². The van der Waals surface area contributed by atoms with Gasteiger partial charge in [0, 0.05) is 73.9 Å². The lowest BCUT2D eigenvalue weighted by molar-refractivity contribution is 0.0330. The Morgan fingerprint density at radius 1 is 1.00 bits per heavy atom. The van der Waals surface area contributed by atoms with Crippen LogP contribution in [-0.4, -0.2) is 71.1 Å². The zero-order chi connectivity index (χ0) is 25.7. The summed E-state index contributed by atoms with van der Waals surface area (Å²) in [5.41, 5.74) is 5.36. The van der Waals surface area contributed by atoms with Gasteiger partial charge in [0.1, 0.15) is 5.82 Å². The van der Waals surface area contributed by atoms with E-state index in [0.29, 0.717) is 17.8 Å². The van der Waals surface area contributed by atoms with Gasteiger partial charge in [-0.1, -0.05) is 11.9 Å². The number of anilines is 3. The summed E-state index contributed by atoms with van der Waals surface area (Å²) >= 11 is 1.52. The molecule has 0 radical (unpaired) electrons. The van der Waals surface area contributed by atoms with E-state index in [1.807, 2.05) is 16.9 Å². The minimum absolute atomic E-state index is 0.155. The van der Waals surface area contributed by atoms with Gasteiger partial charge in [-0.15, -0.1) is 0 Å². The predicted molar refractivity (Wildman–Crippen MR) is 155 cm³/mol. The van der Waals surface area contributed by atoms with Crippen molar-refractivity contribution in [2.45, 2.75) is 44.6 Å². The summed E-state index contributed by atoms with van der Waals surface area (Å²) in [4.78, 5) is 9.66. The number of hydrogen-bond acceptors (Lipinski definition) is 8. The standard InChI is InChI=1S/C29H38N6O2S/c36-16-18-38-32-23-5-6-26-27-10-15-35(31-27)24-7-11-30-29(20-24)34-12-1-3-22(21-34)4-2-17-37-25-8-13-33(14-9-25)28(26)19-23/h5-7,10-11,15,19-20,22,25,32,36H,1-4,8-9,12-14,16-18,21H2. The molecule has 8 bridgehead atoms. The molecule has 1 aromatic carbocycles. The fraction of sp³-hybridized carbons (Fsp3) is 0.517. The van der Waals surface area contributed by atoms with E-state index in [2.05, 4.69) is 51.1 Å². The van der Waals surface area contributed by atoms with Crippen molar-refractivity contribution in [2.75, 3.05) is 59.7 Å². The first kappa shape index (κ1) is 25.5. The average Bonchev–Trinajstić information content (AvgIpc) is 3.46. The molecular weight excluding hydrogens is 496 g/mol. The second-order valence-corrected chi connectivity index (χ2v) is 11.5. The Hall–Kier alpha value is -2.75. The second-order valence-electron chi connectivity index (χ2n) is 10.6. The van der Waals surface area contributed by atoms with Gasteiger partial charge in [-0.3, -0.25) is 0 Å². The SMILES string of the molecule is OCCSNc1ccc2c(c1)N1CCC(CC1)OCCCC1CCCN(C1)c1cc(ccn1)-n1ccc-2n1. The molecule has 0 aliphatic carbocycles. The molecule has 38 heavy (non-hydrogen) atoms. The van der Waals surface area contributed by atoms with Crippen molar-refractivity contribution in [3.8, 4) is 16.9 Å². The molecule has 0 spiro atoms. The molecule has 2 N–H and O–H groups in total. The van der Waals surface area contributed by atoms with Crippen LogP contribution in [0.15, 0.2) is 48.8 Å². The number of ether oxygens (including phenoxy) is 1. The number of piperidine rings is 2. The fourth-order valence-electron chi connectivity index (χ4n) is 5.98. The number of pyridine rings is 1. The van der Waals surface area contributed by atoms with Gasteiger partial charge in [-0.2, -0.15) is 5.10 Å². The summed E-state index contributed by atoms with van der Waals surface area (Å²) in [6.07, 6.45) is 11.2. The van der Waals surface area contributed by atoms with Crippen LogP contribution in [0.4, 0.5) is 17.2 Å². The maximum Gasteiger partial charge on any atom is 0.130 e. The molecule has 4 aliphatic rings. The van der Waals surface area contributed by atoms with Gasteiger partial charge in [-0.05, 0) is 74.8 Å². The second kappa shape index (κ2) is 12.0. The summed E-state index contributed by atoms with van der Waals surface area (Å²) in [5, 5.41) is 14.2. The number of benzene rings is 1. The minimum Gasteiger partial charge on any atom is -0.395 e. The lowest BCUT2D eigenvalue weighted by Crippen LogP contribution is -2.37. The smallest absolute Gasteiger partial charge is 0.130 e. The minimum atomic E-state index is 0.155. The van der Waals surface area contributed by atoms with Crippen molar-refractivity contribution >= 4 is 29.1 Å². The lowest BCUT2D eigenvalue weighted by atomic mass is 9.93. The molecule has 6 heterocycles. The molecule has 9 heteroatoms. The molecule has 7 rings (SSSR count). The van der Waals surface area contributed by atoms with E-state index in [1.54, 1.807) is 0 Å². The van der Waals surface area contributed by atoms with E-state index in [1.165, 1.54) is 36.9 Å². The Balaban J connectivity index is 1.34. The van der Waals surface area contributed by atoms with Crippen LogP contribution in [0, 0.1) is 5.92 Å². The van der Waals surface area contributed by atoms with E-state index in [9.17, 15) is 5.11 Å². The highest BCUT2D eigenvalue weighted by molar-refractivity contribution is 8.00. The number of aliphatic hydroxyl groups is 1. The normalized spacial score (nSPS) is 21.8. The zero-order valence-electron chi connectivity index (χ0n) is 22.0. The molecule has 1 unspecified atom stereocenters. The molecule has 8 nitrogen and oxygen atoms in total. The van der Waals surface area contributed by atoms with Crippen molar-refractivity contribution in [1.29, 1.82) is 0 Å². The maximum atomic E-state index is 9.18. The van der Waals surface area contributed by atoms with Crippen LogP contribution in [0.2, 0.25) is 0 Å². The largest absolute Gasteiger partial charge is 0.395 e. The van der Waals surface area contributed by atoms with Gasteiger partial charge in [0.2, 0.25) is 0 Å². The van der Waals surface area contributed by atoms with Crippen LogP contribution in [0.1, 0.15) is 38.5 Å². The third-order valence-electron chi connectivity index (χ3n) is 7.98. The zero-order valence-corrected chi connectivity index (χ0v) is 22.8. The Morgan fingerprint density at radius 2 is 1.89 bits per heavy atom. The fourth-order valence-corrected chi connectivity index (χ4v) is 6.47. The summed E-state index contributed by atoms with van der Waals surface area (Å²) in [6.45, 7) is 5.08. The molecule has 2 fully saturated rings. The van der Waals surface area contributed by atoms with Gasteiger partial charge in [0.05, 0.1) is 24.1 Å². The van der Waals surface area contributed by atoms with Gasteiger partial charge in [0.25, 0.3) is 0 Å². The summed E-state index contributed by atoms with van der Waals surface area (Å²) in [6, 6.07) is 12.8. The summed E-state index contributed by atoms with van der Waals surface area (Å²) < 4.78 is 11.7. The number of aliphatic hydroxyl groups excluding tert-OH is 1. The highest BCUT2D eigenvalue weighted by Gasteiger charge is 2.25. The first-order chi connectivity index (χ1) is 18.8. The lowest BCUT2D eigenvalue weighted by Gasteiger charge is -2.35. The van der Waals surface area contributed by atoms with Crippen LogP contribution in [0.5, 0.6) is 0 Å². The predicted octanol–water partition coefficient (Wildman–Crippen LogP) is 4.98. The summed E-state index contributed by atoms with van der Waals surface area (Å²) in [5.74, 6) is 2.39. The Labute approximate surface area is 229 Å². The Morgan fingerprint density at radius 3 is 2.79 bits per heavy atom. The van der Waals surface area contributed by atoms with Crippen molar-refractivity contribution in [3.05, 3.63) is 48.8 Å². The third kappa shape index (κ3) is 5.80. The number of hydrogen-bond donors (Lipinski definition) is 2. The maximum absolute atomic E-state index is 9.18. The first-order valence-corrected chi connectivity index (χ1v) is 15.0. The van der Waals surface area contributed by atoms with Crippen molar-refractivity contribution < 1.29 is 9.84 Å². The Kier molecular flexibility index (Phi) is 8.04. The molecule has 0 amide bonds. The number of nitrogens with zero attached hydrogens (tertiary/aromatic N) is 5. The molecule has 0 saturated carbocycles. The number of fused-ring (bicyclic) bond motifs is 5. The van der Waals surface area contributed by atoms with Gasteiger partial charge in [0.15, 0.2) is 0 Å². The molecule has 2 aromatic heterocycles. The molecule has 3 aromatic rings. The van der Waals surface area contributed by atoms with Crippen molar-refractivity contribution in [2.24, 2.45) is 5.92 Å². The van der Waals surface area contributed by atoms with E-state index < -0.39 is 0 Å². The van der Waals surface area contributed by atoms with Crippen LogP contribution in [0.3, 0.4) is 0 Å². The van der Waals surface area contributed by atoms with Crippen LogP contribution >= 0.6 is 11.9 Å².